The van der Waals surface area contributed by atoms with E-state index >= 15 is 0 Å². The lowest BCUT2D eigenvalue weighted by Crippen LogP contribution is -2.20. The fourth-order valence-electron chi connectivity index (χ4n) is 2.76. The van der Waals surface area contributed by atoms with E-state index in [0.717, 1.165) is 4.90 Å². The summed E-state index contributed by atoms with van der Waals surface area (Å²) in [5.74, 6) is -0.310. The van der Waals surface area contributed by atoms with Gasteiger partial charge in [-0.1, -0.05) is 35.5 Å². The molecule has 0 aliphatic heterocycles. The molecule has 2 heterocycles. The fourth-order valence-corrected chi connectivity index (χ4v) is 3.67. The van der Waals surface area contributed by atoms with E-state index < -0.39 is 10.8 Å². The molecule has 0 atom stereocenters. The van der Waals surface area contributed by atoms with Crippen molar-refractivity contribution in [1.29, 1.82) is 0 Å². The third kappa shape index (κ3) is 4.85. The Hall–Kier alpha value is -4.59. The van der Waals surface area contributed by atoms with Crippen LogP contribution in [0.5, 0.6) is 0 Å². The predicted molar refractivity (Wildman–Crippen MR) is 118 cm³/mol. The maximum absolute atomic E-state index is 12.8. The van der Waals surface area contributed by atoms with Gasteiger partial charge in [0.25, 0.3) is 11.6 Å². The zero-order valence-electron chi connectivity index (χ0n) is 16.7. The van der Waals surface area contributed by atoms with E-state index in [0.29, 0.717) is 11.4 Å². The van der Waals surface area contributed by atoms with Crippen LogP contribution in [0, 0.1) is 10.1 Å². The number of nitro groups is 1. The number of benzene rings is 2. The molecule has 0 saturated heterocycles. The number of nitrogen functional groups attached to an aromatic ring is 1. The maximum Gasteiger partial charge on any atom is 0.293 e. The molecule has 0 aliphatic rings. The SMILES string of the molecule is Nc1nonc1-n1nnc(C(=O)N/N=C/c2ccccc2[N+](=O)[O-])c1CSc1ccccc1. The quantitative estimate of drug-likeness (QED) is 0.169. The third-order valence-electron chi connectivity index (χ3n) is 4.30. The summed E-state index contributed by atoms with van der Waals surface area (Å²) < 4.78 is 5.90. The summed E-state index contributed by atoms with van der Waals surface area (Å²) >= 11 is 1.44. The highest BCUT2D eigenvalue weighted by atomic mass is 32.2. The largest absolute Gasteiger partial charge is 0.378 e. The molecule has 0 aliphatic carbocycles. The van der Waals surface area contributed by atoms with Gasteiger partial charge in [0, 0.05) is 16.7 Å². The first-order valence-corrected chi connectivity index (χ1v) is 10.3. The van der Waals surface area contributed by atoms with Crippen LogP contribution in [0.1, 0.15) is 21.7 Å². The van der Waals surface area contributed by atoms with Crippen molar-refractivity contribution in [2.75, 3.05) is 5.73 Å². The third-order valence-corrected chi connectivity index (χ3v) is 5.32. The van der Waals surface area contributed by atoms with Crippen LogP contribution in [0.4, 0.5) is 11.5 Å². The van der Waals surface area contributed by atoms with Gasteiger partial charge in [-0.3, -0.25) is 14.9 Å². The van der Waals surface area contributed by atoms with Gasteiger partial charge in [0.15, 0.2) is 5.69 Å². The number of nitro benzene ring substituents is 1. The number of aromatic nitrogens is 5. The molecular weight excluding hydrogens is 450 g/mol. The smallest absolute Gasteiger partial charge is 0.293 e. The number of amides is 1. The number of thioether (sulfide) groups is 1. The Kier molecular flexibility index (Phi) is 6.36. The normalized spacial score (nSPS) is 11.0. The number of nitrogens with one attached hydrogen (secondary N) is 1. The van der Waals surface area contributed by atoms with Gasteiger partial charge >= 0.3 is 0 Å². The molecule has 33 heavy (non-hydrogen) atoms. The van der Waals surface area contributed by atoms with Gasteiger partial charge in [-0.25, -0.2) is 10.1 Å². The van der Waals surface area contributed by atoms with Crippen LogP contribution in [-0.2, 0) is 5.75 Å². The molecule has 1 amide bonds. The van der Waals surface area contributed by atoms with Gasteiger partial charge in [0.05, 0.1) is 22.4 Å². The Morgan fingerprint density at radius 1 is 1.21 bits per heavy atom. The lowest BCUT2D eigenvalue weighted by molar-refractivity contribution is -0.385. The van der Waals surface area contributed by atoms with Gasteiger partial charge in [0.1, 0.15) is 0 Å². The first kappa shape index (κ1) is 21.6. The Bertz CT molecular complexity index is 1320. The van der Waals surface area contributed by atoms with E-state index in [1.165, 1.54) is 40.9 Å². The molecule has 14 heteroatoms. The van der Waals surface area contributed by atoms with Crippen LogP contribution in [0.3, 0.4) is 0 Å². The van der Waals surface area contributed by atoms with Gasteiger partial charge in [-0.15, -0.1) is 16.9 Å². The van der Waals surface area contributed by atoms with Crippen molar-refractivity contribution in [2.24, 2.45) is 5.10 Å². The number of carbonyl (C=O) groups excluding carboxylic acids is 1. The van der Waals surface area contributed by atoms with Gasteiger partial charge in [-0.05, 0) is 28.5 Å². The van der Waals surface area contributed by atoms with Crippen molar-refractivity contribution in [2.45, 2.75) is 10.6 Å². The Balaban J connectivity index is 1.59. The van der Waals surface area contributed by atoms with E-state index in [2.05, 4.69) is 35.8 Å². The van der Waals surface area contributed by atoms with Crippen LogP contribution < -0.4 is 11.2 Å². The summed E-state index contributed by atoms with van der Waals surface area (Å²) in [7, 11) is 0. The van der Waals surface area contributed by atoms with Gasteiger partial charge in [-0.2, -0.15) is 9.78 Å². The number of para-hydroxylation sites is 1. The standard InChI is InChI=1S/C19H15N9O4S/c20-17-18(25-32-24-17)27-15(11-33-13-7-2-1-3-8-13)16(22-26-27)19(29)23-21-10-12-6-4-5-9-14(12)28(30)31/h1-10H,11H2,(H2,20,24)(H,23,29)/b21-10+. The van der Waals surface area contributed by atoms with Crippen molar-refractivity contribution in [3.63, 3.8) is 0 Å². The summed E-state index contributed by atoms with van der Waals surface area (Å²) in [6, 6.07) is 15.5. The van der Waals surface area contributed by atoms with Gasteiger partial charge < -0.3 is 5.73 Å². The average molecular weight is 465 g/mol. The van der Waals surface area contributed by atoms with Crippen LogP contribution in [0.25, 0.3) is 5.82 Å². The number of nitrogens with two attached hydrogens (primary N) is 1. The lowest BCUT2D eigenvalue weighted by Gasteiger charge is -2.05. The number of anilines is 1. The topological polar surface area (TPSA) is 180 Å². The number of hydrogen-bond donors (Lipinski definition) is 2. The van der Waals surface area contributed by atoms with E-state index in [9.17, 15) is 14.9 Å². The molecule has 4 aromatic rings. The average Bonchev–Trinajstić information content (AvgIpc) is 3.44. The highest BCUT2D eigenvalue weighted by Crippen LogP contribution is 2.25. The monoisotopic (exact) mass is 465 g/mol. The second-order valence-electron chi connectivity index (χ2n) is 6.39. The van der Waals surface area contributed by atoms with E-state index in [4.69, 9.17) is 5.73 Å². The van der Waals surface area contributed by atoms with Crippen LogP contribution in [-0.4, -0.2) is 42.4 Å². The van der Waals surface area contributed by atoms with Crippen molar-refractivity contribution in [3.05, 3.63) is 81.7 Å². The summed E-state index contributed by atoms with van der Waals surface area (Å²) in [5.41, 5.74) is 8.53. The first-order valence-electron chi connectivity index (χ1n) is 9.32. The molecule has 0 fully saturated rings. The summed E-state index contributed by atoms with van der Waals surface area (Å²) in [6.07, 6.45) is 1.18. The number of hydrazone groups is 1. The van der Waals surface area contributed by atoms with Crippen LogP contribution in [0.2, 0.25) is 0 Å². The Labute approximate surface area is 189 Å². The van der Waals surface area contributed by atoms with Crippen molar-refractivity contribution < 1.29 is 14.3 Å². The highest BCUT2D eigenvalue weighted by Gasteiger charge is 2.24. The molecule has 0 saturated carbocycles. The summed E-state index contributed by atoms with van der Waals surface area (Å²) in [4.78, 5) is 24.3. The Morgan fingerprint density at radius 2 is 1.97 bits per heavy atom. The molecule has 0 spiro atoms. The fraction of sp³-hybridized carbons (Fsp3) is 0.0526. The highest BCUT2D eigenvalue weighted by molar-refractivity contribution is 7.98. The molecule has 13 nitrogen and oxygen atoms in total. The summed E-state index contributed by atoms with van der Waals surface area (Å²) in [5, 5.41) is 30.1. The molecular formula is C19H15N9O4S. The maximum atomic E-state index is 12.8. The summed E-state index contributed by atoms with van der Waals surface area (Å²) in [6.45, 7) is 0. The minimum absolute atomic E-state index is 0.0211. The lowest BCUT2D eigenvalue weighted by atomic mass is 10.2. The van der Waals surface area contributed by atoms with Crippen molar-refractivity contribution >= 4 is 35.4 Å². The van der Waals surface area contributed by atoms with E-state index in [1.54, 1.807) is 6.07 Å². The van der Waals surface area contributed by atoms with Crippen molar-refractivity contribution in [1.82, 2.24) is 30.7 Å². The molecule has 4 rings (SSSR count). The number of carbonyl (C=O) groups is 1. The number of hydrogen-bond acceptors (Lipinski definition) is 11. The molecule has 0 unspecified atom stereocenters. The number of nitrogens with zero attached hydrogens (tertiary/aromatic N) is 7. The molecule has 2 aromatic carbocycles. The Morgan fingerprint density at radius 3 is 2.70 bits per heavy atom. The van der Waals surface area contributed by atoms with E-state index in [-0.39, 0.29) is 28.6 Å². The van der Waals surface area contributed by atoms with Gasteiger partial charge in [0.2, 0.25) is 11.6 Å². The molecule has 166 valence electrons. The predicted octanol–water partition coefficient (Wildman–Crippen LogP) is 2.20. The van der Waals surface area contributed by atoms with Crippen LogP contribution >= 0.6 is 11.8 Å². The minimum atomic E-state index is -0.672. The number of rotatable bonds is 8. The molecule has 3 N–H and O–H groups in total. The van der Waals surface area contributed by atoms with Crippen LogP contribution in [0.15, 0.2) is 69.2 Å². The van der Waals surface area contributed by atoms with E-state index in [1.807, 2.05) is 30.3 Å². The first-order chi connectivity index (χ1) is 16.0. The molecule has 0 bridgehead atoms. The second kappa shape index (κ2) is 9.69. The zero-order valence-corrected chi connectivity index (χ0v) is 17.5. The molecule has 0 radical (unpaired) electrons. The minimum Gasteiger partial charge on any atom is -0.378 e. The molecule has 2 aromatic heterocycles. The van der Waals surface area contributed by atoms with Crippen molar-refractivity contribution in [3.8, 4) is 5.82 Å². The second-order valence-corrected chi connectivity index (χ2v) is 7.44. The zero-order chi connectivity index (χ0) is 23.2.